The van der Waals surface area contributed by atoms with Crippen molar-refractivity contribution in [3.63, 3.8) is 0 Å². The molecule has 17 heavy (non-hydrogen) atoms. The van der Waals surface area contributed by atoms with E-state index >= 15 is 0 Å². The summed E-state index contributed by atoms with van der Waals surface area (Å²) in [5, 5.41) is 0. The lowest BCUT2D eigenvalue weighted by molar-refractivity contribution is 0.435. The normalized spacial score (nSPS) is 11.9. The van der Waals surface area contributed by atoms with Crippen LogP contribution in [-0.4, -0.2) is 43.1 Å². The van der Waals surface area contributed by atoms with Crippen molar-refractivity contribution in [2.75, 3.05) is 25.4 Å². The largest absolute Gasteiger partial charge is 0.329 e. The predicted molar refractivity (Wildman–Crippen MR) is 68.0 cm³/mol. The number of likely N-dealkylation sites (N-methyl/N-ethyl adjacent to an activating group) is 1. The maximum atomic E-state index is 12.0. The predicted octanol–water partition coefficient (Wildman–Crippen LogP) is 0.235. The van der Waals surface area contributed by atoms with Crippen LogP contribution < -0.4 is 5.73 Å². The van der Waals surface area contributed by atoms with Gasteiger partial charge >= 0.3 is 0 Å². The number of rotatable bonds is 7. The Bertz CT molecular complexity index is 420. The zero-order valence-electron chi connectivity index (χ0n) is 10.0. The van der Waals surface area contributed by atoms with Crippen molar-refractivity contribution in [2.45, 2.75) is 13.3 Å². The van der Waals surface area contributed by atoms with Gasteiger partial charge in [0.05, 0.1) is 5.75 Å². The fourth-order valence-electron chi connectivity index (χ4n) is 1.55. The number of hydrogen-bond donors (Lipinski definition) is 1. The highest BCUT2D eigenvalue weighted by atomic mass is 32.2. The van der Waals surface area contributed by atoms with E-state index in [1.807, 2.05) is 25.1 Å². The molecule has 0 spiro atoms. The maximum absolute atomic E-state index is 12.0. The van der Waals surface area contributed by atoms with Crippen molar-refractivity contribution in [3.05, 3.63) is 30.1 Å². The zero-order chi connectivity index (χ0) is 12.7. The van der Waals surface area contributed by atoms with Crippen molar-refractivity contribution >= 4 is 10.0 Å². The van der Waals surface area contributed by atoms with Crippen LogP contribution >= 0.6 is 0 Å². The fourth-order valence-corrected chi connectivity index (χ4v) is 3.05. The Labute approximate surface area is 103 Å². The van der Waals surface area contributed by atoms with E-state index in [-0.39, 0.29) is 5.75 Å². The third-order valence-corrected chi connectivity index (χ3v) is 4.41. The van der Waals surface area contributed by atoms with Crippen LogP contribution in [0.25, 0.3) is 0 Å². The van der Waals surface area contributed by atoms with E-state index in [0.29, 0.717) is 26.1 Å². The minimum absolute atomic E-state index is 0.0812. The number of sulfonamides is 1. The number of pyridine rings is 1. The minimum atomic E-state index is -3.22. The molecule has 0 atom stereocenters. The molecule has 0 amide bonds. The van der Waals surface area contributed by atoms with Crippen molar-refractivity contribution in [1.82, 2.24) is 9.29 Å². The third-order valence-electron chi connectivity index (χ3n) is 2.47. The van der Waals surface area contributed by atoms with Gasteiger partial charge in [0.15, 0.2) is 0 Å². The number of nitrogens with zero attached hydrogens (tertiary/aromatic N) is 2. The van der Waals surface area contributed by atoms with Crippen molar-refractivity contribution < 1.29 is 8.42 Å². The Hall–Kier alpha value is -0.980. The molecule has 6 heteroatoms. The zero-order valence-corrected chi connectivity index (χ0v) is 10.9. The lowest BCUT2D eigenvalue weighted by Gasteiger charge is -2.19. The summed E-state index contributed by atoms with van der Waals surface area (Å²) in [4.78, 5) is 4.11. The van der Waals surface area contributed by atoms with Crippen LogP contribution in [0, 0.1) is 0 Å². The summed E-state index contributed by atoms with van der Waals surface area (Å²) < 4.78 is 25.3. The molecule has 0 fully saturated rings. The summed E-state index contributed by atoms with van der Waals surface area (Å²) in [5.41, 5.74) is 6.18. The van der Waals surface area contributed by atoms with E-state index in [1.54, 1.807) is 6.20 Å². The Morgan fingerprint density at radius 2 is 2.18 bits per heavy atom. The molecule has 1 aromatic heterocycles. The van der Waals surface area contributed by atoms with Crippen LogP contribution in [0.15, 0.2) is 24.4 Å². The van der Waals surface area contributed by atoms with Crippen LogP contribution in [0.1, 0.15) is 12.6 Å². The van der Waals surface area contributed by atoms with Crippen LogP contribution in [0.4, 0.5) is 0 Å². The third kappa shape index (κ3) is 4.41. The molecule has 2 N–H and O–H groups in total. The van der Waals surface area contributed by atoms with Crippen LogP contribution in [0.3, 0.4) is 0 Å². The van der Waals surface area contributed by atoms with Gasteiger partial charge < -0.3 is 5.73 Å². The van der Waals surface area contributed by atoms with E-state index < -0.39 is 10.0 Å². The summed E-state index contributed by atoms with van der Waals surface area (Å²) in [6.45, 7) is 2.99. The quantitative estimate of drug-likeness (QED) is 0.759. The summed E-state index contributed by atoms with van der Waals surface area (Å²) >= 11 is 0. The second-order valence-corrected chi connectivity index (χ2v) is 5.76. The van der Waals surface area contributed by atoms with E-state index in [2.05, 4.69) is 4.98 Å². The number of nitrogens with two attached hydrogens (primary N) is 1. The number of aryl methyl sites for hydroxylation is 1. The first kappa shape index (κ1) is 14.1. The molecule has 1 rings (SSSR count). The number of aromatic nitrogens is 1. The summed E-state index contributed by atoms with van der Waals surface area (Å²) in [6.07, 6.45) is 2.10. The molecule has 1 aromatic rings. The van der Waals surface area contributed by atoms with Crippen LogP contribution in [0.2, 0.25) is 0 Å². The van der Waals surface area contributed by atoms with Gasteiger partial charge in [-0.25, -0.2) is 12.7 Å². The molecule has 0 radical (unpaired) electrons. The van der Waals surface area contributed by atoms with Gasteiger partial charge in [-0.2, -0.15) is 0 Å². The van der Waals surface area contributed by atoms with E-state index in [1.165, 1.54) is 4.31 Å². The van der Waals surface area contributed by atoms with Gasteiger partial charge in [-0.1, -0.05) is 13.0 Å². The van der Waals surface area contributed by atoms with Crippen molar-refractivity contribution in [1.29, 1.82) is 0 Å². The second-order valence-electron chi connectivity index (χ2n) is 3.67. The smallest absolute Gasteiger partial charge is 0.214 e. The van der Waals surface area contributed by atoms with Gasteiger partial charge in [0.25, 0.3) is 0 Å². The second kappa shape index (κ2) is 6.68. The molecule has 0 aliphatic heterocycles. The highest BCUT2D eigenvalue weighted by molar-refractivity contribution is 7.89. The molecule has 0 unspecified atom stereocenters. The first-order chi connectivity index (χ1) is 8.10. The molecule has 5 nitrogen and oxygen atoms in total. The molecule has 0 bridgehead atoms. The van der Waals surface area contributed by atoms with E-state index in [9.17, 15) is 8.42 Å². The molecule has 0 saturated carbocycles. The monoisotopic (exact) mass is 257 g/mol. The van der Waals surface area contributed by atoms with Gasteiger partial charge in [0.1, 0.15) is 0 Å². The van der Waals surface area contributed by atoms with Gasteiger partial charge in [0.2, 0.25) is 10.0 Å². The maximum Gasteiger partial charge on any atom is 0.214 e. The Morgan fingerprint density at radius 1 is 1.41 bits per heavy atom. The first-order valence-corrected chi connectivity index (χ1v) is 7.29. The molecule has 0 aliphatic carbocycles. The molecular weight excluding hydrogens is 238 g/mol. The summed E-state index contributed by atoms with van der Waals surface area (Å²) in [6, 6.07) is 5.49. The highest BCUT2D eigenvalue weighted by Gasteiger charge is 2.19. The molecular formula is C11H19N3O2S. The van der Waals surface area contributed by atoms with Crippen molar-refractivity contribution in [3.8, 4) is 0 Å². The summed E-state index contributed by atoms with van der Waals surface area (Å²) in [5.74, 6) is 0.0812. The Kier molecular flexibility index (Phi) is 5.54. The van der Waals surface area contributed by atoms with Gasteiger partial charge in [-0.05, 0) is 12.1 Å². The average molecular weight is 257 g/mol. The first-order valence-electron chi connectivity index (χ1n) is 5.68. The summed E-state index contributed by atoms with van der Waals surface area (Å²) in [7, 11) is -3.22. The standard InChI is InChI=1S/C11H19N3O2S/c1-2-14(9-7-12)17(15,16)10-6-11-5-3-4-8-13-11/h3-5,8H,2,6-7,9-10,12H2,1H3. The topological polar surface area (TPSA) is 76.3 Å². The molecule has 0 aromatic carbocycles. The lowest BCUT2D eigenvalue weighted by Crippen LogP contribution is -2.37. The Morgan fingerprint density at radius 3 is 2.71 bits per heavy atom. The van der Waals surface area contributed by atoms with Gasteiger partial charge in [0, 0.05) is 37.9 Å². The Balaban J connectivity index is 2.60. The average Bonchev–Trinajstić information content (AvgIpc) is 2.34. The van der Waals surface area contributed by atoms with Crippen molar-refractivity contribution in [2.24, 2.45) is 5.73 Å². The van der Waals surface area contributed by atoms with E-state index in [0.717, 1.165) is 5.69 Å². The molecule has 0 aliphatic rings. The fraction of sp³-hybridized carbons (Fsp3) is 0.545. The van der Waals surface area contributed by atoms with Gasteiger partial charge in [-0.3, -0.25) is 4.98 Å². The lowest BCUT2D eigenvalue weighted by atomic mass is 10.3. The minimum Gasteiger partial charge on any atom is -0.329 e. The van der Waals surface area contributed by atoms with Gasteiger partial charge in [-0.15, -0.1) is 0 Å². The SMILES string of the molecule is CCN(CCN)S(=O)(=O)CCc1ccccn1. The molecule has 1 heterocycles. The molecule has 0 saturated heterocycles. The number of hydrogen-bond acceptors (Lipinski definition) is 4. The van der Waals surface area contributed by atoms with Crippen LogP contribution in [0.5, 0.6) is 0 Å². The van der Waals surface area contributed by atoms with Crippen LogP contribution in [-0.2, 0) is 16.4 Å². The highest BCUT2D eigenvalue weighted by Crippen LogP contribution is 2.04. The molecule has 96 valence electrons. The van der Waals surface area contributed by atoms with E-state index in [4.69, 9.17) is 5.73 Å².